The topological polar surface area (TPSA) is 56.0 Å². The van der Waals surface area contributed by atoms with Crippen molar-refractivity contribution in [3.8, 4) is 6.07 Å². The van der Waals surface area contributed by atoms with Crippen LogP contribution < -0.4 is 5.32 Å². The maximum atomic E-state index is 9.25. The molecular formula is C13H18N2O. The Kier molecular flexibility index (Phi) is 4.81. The minimum atomic E-state index is 0.00880. The normalized spacial score (nSPS) is 12.2. The van der Waals surface area contributed by atoms with Crippen LogP contribution in [0, 0.1) is 17.2 Å². The van der Waals surface area contributed by atoms with E-state index in [1.807, 2.05) is 18.2 Å². The van der Waals surface area contributed by atoms with E-state index in [1.165, 1.54) is 0 Å². The molecule has 0 spiro atoms. The number of nitriles is 1. The third-order valence-corrected chi connectivity index (χ3v) is 2.38. The number of hydrogen-bond donors (Lipinski definition) is 2. The molecule has 0 aliphatic heterocycles. The number of aliphatic hydroxyl groups excluding tert-OH is 1. The Balaban J connectivity index is 2.74. The highest BCUT2D eigenvalue weighted by molar-refractivity contribution is 5.57. The number of nitrogens with one attached hydrogen (secondary N) is 1. The summed E-state index contributed by atoms with van der Waals surface area (Å²) in [6, 6.07) is 9.49. The molecule has 0 radical (unpaired) electrons. The second-order valence-corrected chi connectivity index (χ2v) is 4.31. The smallest absolute Gasteiger partial charge is 0.101 e. The summed E-state index contributed by atoms with van der Waals surface area (Å²) >= 11 is 0. The van der Waals surface area contributed by atoms with Crippen molar-refractivity contribution in [1.29, 1.82) is 5.26 Å². The predicted octanol–water partition coefficient (Wildman–Crippen LogP) is 2.38. The molecule has 0 aromatic heterocycles. The molecule has 1 aromatic carbocycles. The minimum Gasteiger partial charge on any atom is -0.394 e. The molecule has 0 bridgehead atoms. The van der Waals surface area contributed by atoms with E-state index in [1.54, 1.807) is 6.07 Å². The summed E-state index contributed by atoms with van der Waals surface area (Å²) in [5.41, 5.74) is 1.41. The summed E-state index contributed by atoms with van der Waals surface area (Å²) in [7, 11) is 0. The molecule has 3 heteroatoms. The van der Waals surface area contributed by atoms with Gasteiger partial charge in [-0.1, -0.05) is 26.0 Å². The van der Waals surface area contributed by atoms with Gasteiger partial charge in [0.1, 0.15) is 6.07 Å². The Morgan fingerprint density at radius 1 is 1.38 bits per heavy atom. The zero-order chi connectivity index (χ0) is 12.0. The number of aliphatic hydroxyl groups is 1. The Labute approximate surface area is 96.7 Å². The maximum Gasteiger partial charge on any atom is 0.101 e. The van der Waals surface area contributed by atoms with Gasteiger partial charge in [-0.2, -0.15) is 5.26 Å². The number of rotatable bonds is 5. The second-order valence-electron chi connectivity index (χ2n) is 4.31. The van der Waals surface area contributed by atoms with Crippen LogP contribution in [-0.2, 0) is 0 Å². The average Bonchev–Trinajstić information content (AvgIpc) is 2.28. The lowest BCUT2D eigenvalue weighted by molar-refractivity contribution is 0.259. The largest absolute Gasteiger partial charge is 0.394 e. The van der Waals surface area contributed by atoms with Crippen molar-refractivity contribution in [1.82, 2.24) is 0 Å². The first-order valence-corrected chi connectivity index (χ1v) is 5.54. The van der Waals surface area contributed by atoms with Gasteiger partial charge >= 0.3 is 0 Å². The van der Waals surface area contributed by atoms with Crippen molar-refractivity contribution in [2.75, 3.05) is 11.9 Å². The summed E-state index contributed by atoms with van der Waals surface area (Å²) in [6.07, 6.45) is 0.885. The second kappa shape index (κ2) is 6.14. The summed E-state index contributed by atoms with van der Waals surface area (Å²) in [6.45, 7) is 4.30. The van der Waals surface area contributed by atoms with E-state index >= 15 is 0 Å². The SMILES string of the molecule is CC(C)CC(CO)Nc1ccccc1C#N. The summed E-state index contributed by atoms with van der Waals surface area (Å²) < 4.78 is 0. The summed E-state index contributed by atoms with van der Waals surface area (Å²) in [5, 5.41) is 21.4. The van der Waals surface area contributed by atoms with Crippen LogP contribution in [-0.4, -0.2) is 17.8 Å². The molecule has 16 heavy (non-hydrogen) atoms. The van der Waals surface area contributed by atoms with Crippen LogP contribution in [0.15, 0.2) is 24.3 Å². The van der Waals surface area contributed by atoms with Gasteiger partial charge in [0.25, 0.3) is 0 Å². The van der Waals surface area contributed by atoms with Crippen LogP contribution in [0.3, 0.4) is 0 Å². The van der Waals surface area contributed by atoms with Crippen molar-refractivity contribution in [2.24, 2.45) is 5.92 Å². The van der Waals surface area contributed by atoms with Gasteiger partial charge in [0, 0.05) is 6.04 Å². The Hall–Kier alpha value is -1.53. The van der Waals surface area contributed by atoms with Crippen LogP contribution >= 0.6 is 0 Å². The van der Waals surface area contributed by atoms with E-state index in [-0.39, 0.29) is 12.6 Å². The molecule has 2 N–H and O–H groups in total. The van der Waals surface area contributed by atoms with E-state index in [0.29, 0.717) is 11.5 Å². The van der Waals surface area contributed by atoms with Gasteiger partial charge in [0.05, 0.1) is 17.9 Å². The van der Waals surface area contributed by atoms with Crippen LogP contribution in [0.2, 0.25) is 0 Å². The zero-order valence-electron chi connectivity index (χ0n) is 9.77. The predicted molar refractivity (Wildman–Crippen MR) is 65.1 cm³/mol. The molecule has 86 valence electrons. The Bertz CT molecular complexity index is 368. The summed E-state index contributed by atoms with van der Waals surface area (Å²) in [5.74, 6) is 0.513. The molecule has 1 aromatic rings. The number of hydrogen-bond acceptors (Lipinski definition) is 3. The van der Waals surface area contributed by atoms with Crippen molar-refractivity contribution in [3.63, 3.8) is 0 Å². The van der Waals surface area contributed by atoms with E-state index in [2.05, 4.69) is 25.2 Å². The fourth-order valence-electron chi connectivity index (χ4n) is 1.67. The first kappa shape index (κ1) is 12.5. The molecule has 0 saturated carbocycles. The number of nitrogens with zero attached hydrogens (tertiary/aromatic N) is 1. The Morgan fingerprint density at radius 2 is 2.06 bits per heavy atom. The average molecular weight is 218 g/mol. The number of benzene rings is 1. The molecular weight excluding hydrogens is 200 g/mol. The van der Waals surface area contributed by atoms with Gasteiger partial charge < -0.3 is 10.4 Å². The molecule has 3 nitrogen and oxygen atoms in total. The van der Waals surface area contributed by atoms with Gasteiger partial charge in [0.15, 0.2) is 0 Å². The molecule has 0 heterocycles. The van der Waals surface area contributed by atoms with E-state index in [4.69, 9.17) is 5.26 Å². The molecule has 0 aliphatic carbocycles. The highest BCUT2D eigenvalue weighted by Gasteiger charge is 2.11. The van der Waals surface area contributed by atoms with Crippen LogP contribution in [0.4, 0.5) is 5.69 Å². The third kappa shape index (κ3) is 3.56. The molecule has 0 aliphatic rings. The molecule has 1 atom stereocenters. The first-order valence-electron chi connectivity index (χ1n) is 5.54. The molecule has 1 unspecified atom stereocenters. The zero-order valence-corrected chi connectivity index (χ0v) is 9.77. The van der Waals surface area contributed by atoms with Gasteiger partial charge in [-0.15, -0.1) is 0 Å². The quantitative estimate of drug-likeness (QED) is 0.797. The van der Waals surface area contributed by atoms with Crippen molar-refractivity contribution in [3.05, 3.63) is 29.8 Å². The highest BCUT2D eigenvalue weighted by atomic mass is 16.3. The van der Waals surface area contributed by atoms with Gasteiger partial charge in [-0.05, 0) is 24.5 Å². The first-order chi connectivity index (χ1) is 7.67. The fourth-order valence-corrected chi connectivity index (χ4v) is 1.67. The summed E-state index contributed by atoms with van der Waals surface area (Å²) in [4.78, 5) is 0. The van der Waals surface area contributed by atoms with E-state index in [0.717, 1.165) is 12.1 Å². The van der Waals surface area contributed by atoms with Crippen LogP contribution in [0.1, 0.15) is 25.8 Å². The molecule has 1 rings (SSSR count). The number of para-hydroxylation sites is 1. The van der Waals surface area contributed by atoms with Crippen LogP contribution in [0.25, 0.3) is 0 Å². The van der Waals surface area contributed by atoms with Crippen LogP contribution in [0.5, 0.6) is 0 Å². The minimum absolute atomic E-state index is 0.00880. The van der Waals surface area contributed by atoms with Gasteiger partial charge in [-0.3, -0.25) is 0 Å². The lowest BCUT2D eigenvalue weighted by Gasteiger charge is -2.20. The fraction of sp³-hybridized carbons (Fsp3) is 0.462. The van der Waals surface area contributed by atoms with Crippen molar-refractivity contribution in [2.45, 2.75) is 26.3 Å². The van der Waals surface area contributed by atoms with Gasteiger partial charge in [-0.25, -0.2) is 0 Å². The molecule has 0 saturated heterocycles. The third-order valence-electron chi connectivity index (χ3n) is 2.38. The number of anilines is 1. The standard InChI is InChI=1S/C13H18N2O/c1-10(2)7-12(9-16)15-13-6-4-3-5-11(13)8-14/h3-6,10,12,15-16H,7,9H2,1-2H3. The lowest BCUT2D eigenvalue weighted by atomic mass is 10.0. The molecule has 0 fully saturated rings. The lowest BCUT2D eigenvalue weighted by Crippen LogP contribution is -2.25. The van der Waals surface area contributed by atoms with Gasteiger partial charge in [0.2, 0.25) is 0 Å². The maximum absolute atomic E-state index is 9.25. The highest BCUT2D eigenvalue weighted by Crippen LogP contribution is 2.17. The molecule has 0 amide bonds. The van der Waals surface area contributed by atoms with Crippen molar-refractivity contribution < 1.29 is 5.11 Å². The van der Waals surface area contributed by atoms with E-state index < -0.39 is 0 Å². The van der Waals surface area contributed by atoms with Crippen molar-refractivity contribution >= 4 is 5.69 Å². The Morgan fingerprint density at radius 3 is 2.62 bits per heavy atom. The van der Waals surface area contributed by atoms with E-state index in [9.17, 15) is 5.11 Å². The monoisotopic (exact) mass is 218 g/mol.